The molecule has 25 heavy (non-hydrogen) atoms. The molecule has 1 amide bonds. The number of nitrogens with zero attached hydrogens (tertiary/aromatic N) is 2. The molecule has 0 saturated carbocycles. The Labute approximate surface area is 150 Å². The quantitative estimate of drug-likeness (QED) is 0.741. The fraction of sp³-hybridized carbons (Fsp3) is 0.381. The summed E-state index contributed by atoms with van der Waals surface area (Å²) in [5.74, 6) is 0.209. The number of methoxy groups -OCH3 is 1. The minimum absolute atomic E-state index is 0.209. The van der Waals surface area contributed by atoms with E-state index in [0.717, 1.165) is 38.3 Å². The van der Waals surface area contributed by atoms with Gasteiger partial charge in [-0.2, -0.15) is 0 Å². The van der Waals surface area contributed by atoms with Crippen molar-refractivity contribution in [3.8, 4) is 0 Å². The zero-order chi connectivity index (χ0) is 17.5. The van der Waals surface area contributed by atoms with Crippen LogP contribution >= 0.6 is 0 Å². The van der Waals surface area contributed by atoms with Crippen LogP contribution < -0.4 is 4.90 Å². The Hall–Kier alpha value is -2.17. The standard InChI is InChI=1S/C21H26N2O2/c1-25-16-15-22(17-18-7-3-2-4-8-18)13-12-21(24)23-14-11-19-9-5-6-10-20(19)23/h2-10H,11-17H2,1H3. The van der Waals surface area contributed by atoms with Crippen LogP contribution in [0.2, 0.25) is 0 Å². The summed E-state index contributed by atoms with van der Waals surface area (Å²) in [6.45, 7) is 3.89. The third-order valence-electron chi connectivity index (χ3n) is 4.69. The molecule has 1 aliphatic rings. The molecule has 4 heteroatoms. The summed E-state index contributed by atoms with van der Waals surface area (Å²) in [5.41, 5.74) is 3.62. The van der Waals surface area contributed by atoms with Gasteiger partial charge in [0.25, 0.3) is 0 Å². The molecule has 4 nitrogen and oxygen atoms in total. The molecule has 0 N–H and O–H groups in total. The Morgan fingerprint density at radius 1 is 1.08 bits per heavy atom. The van der Waals surface area contributed by atoms with Crippen LogP contribution in [0.3, 0.4) is 0 Å². The number of hydrogen-bond acceptors (Lipinski definition) is 3. The van der Waals surface area contributed by atoms with Crippen LogP contribution in [0.15, 0.2) is 54.6 Å². The lowest BCUT2D eigenvalue weighted by molar-refractivity contribution is -0.118. The Bertz CT molecular complexity index is 687. The van der Waals surface area contributed by atoms with Gasteiger partial charge in [-0.15, -0.1) is 0 Å². The van der Waals surface area contributed by atoms with Gasteiger partial charge >= 0.3 is 0 Å². The number of para-hydroxylation sites is 1. The molecule has 0 unspecified atom stereocenters. The molecular weight excluding hydrogens is 312 g/mol. The number of amides is 1. The number of rotatable bonds is 8. The first-order chi connectivity index (χ1) is 12.3. The molecule has 0 aliphatic carbocycles. The van der Waals surface area contributed by atoms with Crippen LogP contribution in [-0.2, 0) is 22.5 Å². The van der Waals surface area contributed by atoms with Crippen molar-refractivity contribution in [3.63, 3.8) is 0 Å². The third kappa shape index (κ3) is 4.68. The van der Waals surface area contributed by atoms with Crippen molar-refractivity contribution in [1.29, 1.82) is 0 Å². The maximum Gasteiger partial charge on any atom is 0.228 e. The highest BCUT2D eigenvalue weighted by Crippen LogP contribution is 2.27. The van der Waals surface area contributed by atoms with E-state index in [1.807, 2.05) is 29.2 Å². The Morgan fingerprint density at radius 2 is 1.84 bits per heavy atom. The lowest BCUT2D eigenvalue weighted by Crippen LogP contribution is -2.34. The van der Waals surface area contributed by atoms with E-state index in [0.29, 0.717) is 13.0 Å². The molecule has 0 fully saturated rings. The minimum atomic E-state index is 0.209. The van der Waals surface area contributed by atoms with Crippen LogP contribution in [0.25, 0.3) is 0 Å². The van der Waals surface area contributed by atoms with E-state index in [-0.39, 0.29) is 5.91 Å². The van der Waals surface area contributed by atoms with Crippen LogP contribution in [0.5, 0.6) is 0 Å². The zero-order valence-electron chi connectivity index (χ0n) is 14.9. The number of benzene rings is 2. The predicted molar refractivity (Wildman–Crippen MR) is 101 cm³/mol. The maximum atomic E-state index is 12.7. The van der Waals surface area contributed by atoms with Crippen molar-refractivity contribution in [2.45, 2.75) is 19.4 Å². The summed E-state index contributed by atoms with van der Waals surface area (Å²) in [6, 6.07) is 18.6. The summed E-state index contributed by atoms with van der Waals surface area (Å²) < 4.78 is 5.23. The molecule has 0 bridgehead atoms. The molecule has 3 rings (SSSR count). The molecule has 132 valence electrons. The average Bonchev–Trinajstić information content (AvgIpc) is 3.09. The van der Waals surface area contributed by atoms with Crippen molar-refractivity contribution >= 4 is 11.6 Å². The second kappa shape index (κ2) is 8.79. The second-order valence-corrected chi connectivity index (χ2v) is 6.43. The van der Waals surface area contributed by atoms with Gasteiger partial charge in [-0.25, -0.2) is 0 Å². The fourth-order valence-corrected chi connectivity index (χ4v) is 3.32. The monoisotopic (exact) mass is 338 g/mol. The number of carbonyl (C=O) groups excluding carboxylic acids is 1. The number of hydrogen-bond donors (Lipinski definition) is 0. The van der Waals surface area contributed by atoms with Crippen molar-refractivity contribution < 1.29 is 9.53 Å². The summed E-state index contributed by atoms with van der Waals surface area (Å²) in [6.07, 6.45) is 1.49. The van der Waals surface area contributed by atoms with Gasteiger partial charge in [0.15, 0.2) is 0 Å². The Balaban J connectivity index is 1.58. The van der Waals surface area contributed by atoms with Gasteiger partial charge in [0, 0.05) is 45.4 Å². The SMILES string of the molecule is COCCN(CCC(=O)N1CCc2ccccc21)Cc1ccccc1. The van der Waals surface area contributed by atoms with Crippen molar-refractivity contribution in [1.82, 2.24) is 4.90 Å². The van der Waals surface area contributed by atoms with E-state index in [2.05, 4.69) is 35.2 Å². The van der Waals surface area contributed by atoms with Gasteiger partial charge in [-0.1, -0.05) is 48.5 Å². The Kier molecular flexibility index (Phi) is 6.20. The number of carbonyl (C=O) groups is 1. The van der Waals surface area contributed by atoms with E-state index >= 15 is 0 Å². The summed E-state index contributed by atoms with van der Waals surface area (Å²) in [7, 11) is 1.72. The normalized spacial score (nSPS) is 13.3. The number of fused-ring (bicyclic) bond motifs is 1. The van der Waals surface area contributed by atoms with E-state index in [4.69, 9.17) is 4.74 Å². The van der Waals surface area contributed by atoms with Gasteiger partial charge in [0.2, 0.25) is 5.91 Å². The summed E-state index contributed by atoms with van der Waals surface area (Å²) >= 11 is 0. The van der Waals surface area contributed by atoms with Crippen molar-refractivity contribution in [2.24, 2.45) is 0 Å². The molecule has 0 aromatic heterocycles. The van der Waals surface area contributed by atoms with Crippen molar-refractivity contribution in [3.05, 3.63) is 65.7 Å². The largest absolute Gasteiger partial charge is 0.383 e. The van der Waals surface area contributed by atoms with E-state index in [1.165, 1.54) is 11.1 Å². The molecule has 0 radical (unpaired) electrons. The Morgan fingerprint density at radius 3 is 2.64 bits per heavy atom. The molecular formula is C21H26N2O2. The molecule has 2 aromatic rings. The second-order valence-electron chi connectivity index (χ2n) is 6.43. The lowest BCUT2D eigenvalue weighted by Gasteiger charge is -2.24. The topological polar surface area (TPSA) is 32.8 Å². The number of ether oxygens (including phenoxy) is 1. The van der Waals surface area contributed by atoms with Gasteiger partial charge in [0.05, 0.1) is 6.61 Å². The summed E-state index contributed by atoms with van der Waals surface area (Å²) in [4.78, 5) is 16.9. The zero-order valence-corrected chi connectivity index (χ0v) is 14.9. The van der Waals surface area contributed by atoms with E-state index in [1.54, 1.807) is 7.11 Å². The smallest absolute Gasteiger partial charge is 0.228 e. The highest BCUT2D eigenvalue weighted by Gasteiger charge is 2.24. The van der Waals surface area contributed by atoms with Gasteiger partial charge in [-0.05, 0) is 23.6 Å². The molecule has 0 saturated heterocycles. The maximum absolute atomic E-state index is 12.7. The van der Waals surface area contributed by atoms with Crippen LogP contribution in [-0.4, -0.2) is 44.2 Å². The van der Waals surface area contributed by atoms with Gasteiger partial charge in [-0.3, -0.25) is 9.69 Å². The van der Waals surface area contributed by atoms with E-state index in [9.17, 15) is 4.79 Å². The van der Waals surface area contributed by atoms with Gasteiger partial charge < -0.3 is 9.64 Å². The van der Waals surface area contributed by atoms with Crippen molar-refractivity contribution in [2.75, 3.05) is 38.3 Å². The van der Waals surface area contributed by atoms with Crippen LogP contribution in [0, 0.1) is 0 Å². The van der Waals surface area contributed by atoms with E-state index < -0.39 is 0 Å². The summed E-state index contributed by atoms with van der Waals surface area (Å²) in [5, 5.41) is 0. The van der Waals surface area contributed by atoms with Gasteiger partial charge in [0.1, 0.15) is 0 Å². The lowest BCUT2D eigenvalue weighted by atomic mass is 10.2. The minimum Gasteiger partial charge on any atom is -0.383 e. The molecule has 1 aliphatic heterocycles. The first-order valence-electron chi connectivity index (χ1n) is 8.91. The van der Waals surface area contributed by atoms with Crippen LogP contribution in [0.4, 0.5) is 5.69 Å². The molecule has 0 spiro atoms. The predicted octanol–water partition coefficient (Wildman–Crippen LogP) is 3.11. The highest BCUT2D eigenvalue weighted by atomic mass is 16.5. The first-order valence-corrected chi connectivity index (χ1v) is 8.91. The fourth-order valence-electron chi connectivity index (χ4n) is 3.32. The molecule has 1 heterocycles. The highest BCUT2D eigenvalue weighted by molar-refractivity contribution is 5.95. The molecule has 2 aromatic carbocycles. The first kappa shape index (κ1) is 17.6. The third-order valence-corrected chi connectivity index (χ3v) is 4.69. The van der Waals surface area contributed by atoms with Crippen LogP contribution in [0.1, 0.15) is 17.5 Å². The average molecular weight is 338 g/mol. The number of anilines is 1. The molecule has 0 atom stereocenters.